The van der Waals surface area contributed by atoms with Gasteiger partial charge in [0.25, 0.3) is 0 Å². The van der Waals surface area contributed by atoms with Crippen molar-refractivity contribution in [2.24, 2.45) is 0 Å². The van der Waals surface area contributed by atoms with Crippen LogP contribution in [-0.4, -0.2) is 19.4 Å². The van der Waals surface area contributed by atoms with Crippen molar-refractivity contribution in [1.82, 2.24) is 0 Å². The molecule has 1 aliphatic rings. The molecule has 1 aromatic rings. The van der Waals surface area contributed by atoms with E-state index in [-0.39, 0.29) is 10.9 Å². The highest BCUT2D eigenvalue weighted by atomic mass is 35.5. The van der Waals surface area contributed by atoms with Crippen LogP contribution in [0.25, 0.3) is 6.08 Å². The first-order valence-corrected chi connectivity index (χ1v) is 8.71. The van der Waals surface area contributed by atoms with Gasteiger partial charge in [0.15, 0.2) is 0 Å². The summed E-state index contributed by atoms with van der Waals surface area (Å²) in [6.07, 6.45) is 7.14. The smallest absolute Gasteiger partial charge is 0.137 e. The summed E-state index contributed by atoms with van der Waals surface area (Å²) >= 11 is 9.53. The van der Waals surface area contributed by atoms with Crippen molar-refractivity contribution in [3.8, 4) is 12.1 Å². The second kappa shape index (κ2) is 11.1. The Balaban J connectivity index is 0.00000105. The maximum absolute atomic E-state index is 8.98. The molecule has 0 bridgehead atoms. The highest BCUT2D eigenvalue weighted by Gasteiger charge is 2.10. The fraction of sp³-hybridized carbons (Fsp3) is 0.200. The highest BCUT2D eigenvalue weighted by Crippen LogP contribution is 2.23. The molecule has 0 saturated carbocycles. The molecular weight excluding hydrogens is 369 g/mol. The Morgan fingerprint density at radius 2 is 1.65 bits per heavy atom. The van der Waals surface area contributed by atoms with Crippen LogP contribution in [0.5, 0.6) is 0 Å². The van der Waals surface area contributed by atoms with Crippen LogP contribution in [0.1, 0.15) is 12.5 Å². The largest absolute Gasteiger partial charge is 0.462 e. The monoisotopic (exact) mass is 387 g/mol. The first-order valence-electron chi connectivity index (χ1n) is 7.64. The van der Waals surface area contributed by atoms with Gasteiger partial charge in [-0.15, -0.1) is 23.2 Å². The van der Waals surface area contributed by atoms with Gasteiger partial charge in [-0.05, 0) is 42.8 Å². The minimum atomic E-state index is 0.0777. The lowest BCUT2D eigenvalue weighted by Crippen LogP contribution is -2.07. The van der Waals surface area contributed by atoms with Crippen molar-refractivity contribution >= 4 is 35.0 Å². The van der Waals surface area contributed by atoms with Crippen LogP contribution in [0.4, 0.5) is 5.69 Å². The number of nitrogens with zero attached hydrogens (tertiary/aromatic N) is 3. The van der Waals surface area contributed by atoms with Gasteiger partial charge in [-0.3, -0.25) is 0 Å². The van der Waals surface area contributed by atoms with Crippen molar-refractivity contribution in [3.63, 3.8) is 0 Å². The van der Waals surface area contributed by atoms with E-state index in [4.69, 9.17) is 38.5 Å². The molecule has 4 nitrogen and oxygen atoms in total. The van der Waals surface area contributed by atoms with Gasteiger partial charge in [0.1, 0.15) is 29.2 Å². The molecule has 0 radical (unpaired) electrons. The molecule has 26 heavy (non-hydrogen) atoms. The Morgan fingerprint density at radius 3 is 2.15 bits per heavy atom. The summed E-state index contributed by atoms with van der Waals surface area (Å²) in [6.45, 7) is 1.79. The van der Waals surface area contributed by atoms with E-state index >= 15 is 0 Å². The van der Waals surface area contributed by atoms with Gasteiger partial charge in [0.05, 0.1) is 5.34 Å². The molecule has 0 fully saturated rings. The molecule has 0 aliphatic carbocycles. The average Bonchev–Trinajstić information content (AvgIpc) is 2.62. The normalized spacial score (nSPS) is 12.7. The summed E-state index contributed by atoms with van der Waals surface area (Å²) in [7, 11) is 3.99. The molecular formula is C20H19Cl2N3O. The van der Waals surface area contributed by atoms with Gasteiger partial charge in [-0.1, -0.05) is 18.2 Å². The summed E-state index contributed by atoms with van der Waals surface area (Å²) in [5.74, 6) is 1.24. The molecule has 0 aromatic heterocycles. The van der Waals surface area contributed by atoms with Gasteiger partial charge >= 0.3 is 0 Å². The first kappa shape index (κ1) is 21.4. The molecule has 1 aromatic carbocycles. The molecule has 134 valence electrons. The van der Waals surface area contributed by atoms with Crippen molar-refractivity contribution in [1.29, 1.82) is 10.5 Å². The Morgan fingerprint density at radius 1 is 1.08 bits per heavy atom. The van der Waals surface area contributed by atoms with Crippen molar-refractivity contribution in [2.75, 3.05) is 24.3 Å². The van der Waals surface area contributed by atoms with Gasteiger partial charge in [0.2, 0.25) is 0 Å². The standard InChI is InChI=1S/C19H17N3O.CH2Cl2/c1-14-10-16(17(12-20)13-21)11-19(23-14)9-6-15-4-7-18(8-5-15)22(2)3;2-1-3/h4-11H,1-3H3;1H2/b9-6+;. The van der Waals surface area contributed by atoms with Gasteiger partial charge in [-0.25, -0.2) is 0 Å². The number of alkyl halides is 2. The Hall–Kier alpha value is -2.66. The summed E-state index contributed by atoms with van der Waals surface area (Å²) in [4.78, 5) is 2.04. The Bertz CT molecular complexity index is 804. The number of benzene rings is 1. The van der Waals surface area contributed by atoms with Crippen LogP contribution in [0.3, 0.4) is 0 Å². The lowest BCUT2D eigenvalue weighted by atomic mass is 10.1. The summed E-state index contributed by atoms with van der Waals surface area (Å²) < 4.78 is 5.61. The number of rotatable bonds is 3. The second-order valence-electron chi connectivity index (χ2n) is 5.38. The van der Waals surface area contributed by atoms with E-state index in [1.807, 2.05) is 67.6 Å². The lowest BCUT2D eigenvalue weighted by Gasteiger charge is -2.13. The highest BCUT2D eigenvalue weighted by molar-refractivity contribution is 6.40. The van der Waals surface area contributed by atoms with Crippen LogP contribution in [0, 0.1) is 22.7 Å². The average molecular weight is 388 g/mol. The fourth-order valence-corrected chi connectivity index (χ4v) is 2.10. The molecule has 6 heteroatoms. The minimum absolute atomic E-state index is 0.0777. The molecule has 1 aliphatic heterocycles. The van der Waals surface area contributed by atoms with Crippen LogP contribution in [-0.2, 0) is 4.74 Å². The van der Waals surface area contributed by atoms with Gasteiger partial charge in [-0.2, -0.15) is 10.5 Å². The van der Waals surface area contributed by atoms with E-state index in [1.54, 1.807) is 19.1 Å². The predicted octanol–water partition coefficient (Wildman–Crippen LogP) is 5.35. The number of halogens is 2. The molecule has 0 saturated heterocycles. The fourth-order valence-electron chi connectivity index (χ4n) is 2.10. The minimum Gasteiger partial charge on any atom is -0.462 e. The number of nitriles is 2. The molecule has 1 heterocycles. The van der Waals surface area contributed by atoms with E-state index in [0.29, 0.717) is 17.1 Å². The zero-order chi connectivity index (χ0) is 19.5. The number of hydrogen-bond donors (Lipinski definition) is 0. The SMILES string of the molecule is CC1=CC(=C(C#N)C#N)C=C(/C=C/c2ccc(N(C)C)cc2)O1.ClCCl. The maximum atomic E-state index is 8.98. The van der Waals surface area contributed by atoms with Crippen molar-refractivity contribution in [2.45, 2.75) is 6.92 Å². The van der Waals surface area contributed by atoms with Crippen molar-refractivity contribution in [3.05, 3.63) is 70.7 Å². The molecule has 0 unspecified atom stereocenters. The van der Waals surface area contributed by atoms with E-state index < -0.39 is 0 Å². The zero-order valence-corrected chi connectivity index (χ0v) is 16.3. The summed E-state index contributed by atoms with van der Waals surface area (Å²) in [5.41, 5.74) is 2.82. The van der Waals surface area contributed by atoms with Gasteiger partial charge < -0.3 is 9.64 Å². The van der Waals surface area contributed by atoms with Gasteiger partial charge in [0, 0.05) is 25.4 Å². The lowest BCUT2D eigenvalue weighted by molar-refractivity contribution is 0.318. The summed E-state index contributed by atoms with van der Waals surface area (Å²) in [5, 5.41) is 18.2. The third-order valence-corrected chi connectivity index (χ3v) is 3.30. The quantitative estimate of drug-likeness (QED) is 0.517. The van der Waals surface area contributed by atoms with E-state index in [2.05, 4.69) is 0 Å². The Kier molecular flexibility index (Phi) is 9.09. The zero-order valence-electron chi connectivity index (χ0n) is 14.8. The van der Waals surface area contributed by atoms with Crippen molar-refractivity contribution < 1.29 is 4.74 Å². The van der Waals surface area contributed by atoms with Crippen LogP contribution in [0.2, 0.25) is 0 Å². The Labute approximate surface area is 164 Å². The predicted molar refractivity (Wildman–Crippen MR) is 108 cm³/mol. The number of allylic oxidation sites excluding steroid dienone is 6. The van der Waals surface area contributed by atoms with Crippen LogP contribution in [0.15, 0.2) is 65.2 Å². The van der Waals surface area contributed by atoms with E-state index in [0.717, 1.165) is 11.3 Å². The molecule has 0 spiro atoms. The number of anilines is 1. The molecule has 2 rings (SSSR count). The molecule has 0 atom stereocenters. The summed E-state index contributed by atoms with van der Waals surface area (Å²) in [6, 6.07) is 11.9. The molecule has 0 amide bonds. The number of hydrogen-bond acceptors (Lipinski definition) is 4. The van der Waals surface area contributed by atoms with E-state index in [1.165, 1.54) is 0 Å². The van der Waals surface area contributed by atoms with E-state index in [9.17, 15) is 0 Å². The third-order valence-electron chi connectivity index (χ3n) is 3.30. The number of ether oxygens (including phenoxy) is 1. The first-order chi connectivity index (χ1) is 12.4. The van der Waals surface area contributed by atoms with Crippen LogP contribution < -0.4 is 4.90 Å². The van der Waals surface area contributed by atoms with Crippen LogP contribution >= 0.6 is 23.2 Å². The maximum Gasteiger partial charge on any atom is 0.137 e. The second-order valence-corrected chi connectivity index (χ2v) is 6.19. The topological polar surface area (TPSA) is 60.0 Å². The third kappa shape index (κ3) is 6.69. The molecule has 0 N–H and O–H groups in total.